The summed E-state index contributed by atoms with van der Waals surface area (Å²) in [5, 5.41) is 9.81. The summed E-state index contributed by atoms with van der Waals surface area (Å²) in [6, 6.07) is 6.96. The zero-order valence-corrected chi connectivity index (χ0v) is 9.86. The van der Waals surface area contributed by atoms with Crippen molar-refractivity contribution in [3.8, 4) is 0 Å². The van der Waals surface area contributed by atoms with Crippen LogP contribution in [0.2, 0.25) is 0 Å². The average Bonchev–Trinajstić information content (AvgIpc) is 2.66. The van der Waals surface area contributed by atoms with Gasteiger partial charge in [0, 0.05) is 0 Å². The Morgan fingerprint density at radius 3 is 2.81 bits per heavy atom. The number of carboxylic acids is 1. The van der Waals surface area contributed by atoms with Gasteiger partial charge in [-0.1, -0.05) is 23.9 Å². The van der Waals surface area contributed by atoms with Crippen molar-refractivity contribution in [3.63, 3.8) is 0 Å². The molecule has 1 heterocycles. The number of carboxylic acid groups (broad SMARTS) is 1. The van der Waals surface area contributed by atoms with Crippen LogP contribution in [-0.2, 0) is 4.79 Å². The molecule has 0 aliphatic rings. The Hall–Kier alpha value is -1.49. The van der Waals surface area contributed by atoms with Crippen LogP contribution >= 0.6 is 11.8 Å². The van der Waals surface area contributed by atoms with Gasteiger partial charge < -0.3 is 9.67 Å². The predicted molar refractivity (Wildman–Crippen MR) is 63.9 cm³/mol. The highest BCUT2D eigenvalue weighted by molar-refractivity contribution is 7.98. The van der Waals surface area contributed by atoms with E-state index in [1.165, 1.54) is 11.8 Å². The van der Waals surface area contributed by atoms with E-state index >= 15 is 0 Å². The van der Waals surface area contributed by atoms with Gasteiger partial charge in [-0.2, -0.15) is 0 Å². The number of benzene rings is 1. The van der Waals surface area contributed by atoms with E-state index in [1.807, 2.05) is 30.5 Å². The second-order valence-electron chi connectivity index (χ2n) is 3.47. The van der Waals surface area contributed by atoms with E-state index in [2.05, 4.69) is 4.98 Å². The molecule has 0 radical (unpaired) electrons. The van der Waals surface area contributed by atoms with Gasteiger partial charge in [-0.3, -0.25) is 0 Å². The first-order valence-electron chi connectivity index (χ1n) is 4.89. The van der Waals surface area contributed by atoms with Crippen molar-refractivity contribution < 1.29 is 9.90 Å². The summed E-state index contributed by atoms with van der Waals surface area (Å²) in [5.74, 6) is -0.849. The fraction of sp³-hybridized carbons (Fsp3) is 0.273. The predicted octanol–water partition coefficient (Wildman–Crippen LogP) is 2.40. The maximum atomic E-state index is 11.1. The van der Waals surface area contributed by atoms with Gasteiger partial charge in [0.2, 0.25) is 0 Å². The number of hydrogen-bond donors (Lipinski definition) is 1. The van der Waals surface area contributed by atoms with E-state index in [1.54, 1.807) is 11.5 Å². The van der Waals surface area contributed by atoms with E-state index in [4.69, 9.17) is 5.11 Å². The fourth-order valence-electron chi connectivity index (χ4n) is 1.65. The smallest absolute Gasteiger partial charge is 0.326 e. The van der Waals surface area contributed by atoms with E-state index in [-0.39, 0.29) is 0 Å². The molecule has 0 aliphatic carbocycles. The first-order valence-corrected chi connectivity index (χ1v) is 6.11. The molecule has 2 aromatic rings. The molecule has 5 heteroatoms. The van der Waals surface area contributed by atoms with Crippen LogP contribution in [0.25, 0.3) is 11.0 Å². The Kier molecular flexibility index (Phi) is 2.87. The third kappa shape index (κ3) is 1.67. The molecule has 0 amide bonds. The lowest BCUT2D eigenvalue weighted by Gasteiger charge is -2.11. The molecule has 1 atom stereocenters. The Labute approximate surface area is 97.3 Å². The maximum Gasteiger partial charge on any atom is 0.326 e. The Bertz CT molecular complexity index is 536. The second kappa shape index (κ2) is 4.17. The number of rotatable bonds is 3. The lowest BCUT2D eigenvalue weighted by Crippen LogP contribution is -2.16. The molecule has 0 fully saturated rings. The van der Waals surface area contributed by atoms with Crippen LogP contribution < -0.4 is 0 Å². The molecule has 0 saturated carbocycles. The lowest BCUT2D eigenvalue weighted by molar-refractivity contribution is -0.140. The van der Waals surface area contributed by atoms with Crippen LogP contribution in [0.5, 0.6) is 0 Å². The minimum atomic E-state index is -0.849. The molecular weight excluding hydrogens is 224 g/mol. The van der Waals surface area contributed by atoms with Gasteiger partial charge >= 0.3 is 5.97 Å². The molecular formula is C11H12N2O2S. The highest BCUT2D eigenvalue weighted by Gasteiger charge is 2.19. The number of nitrogens with zero attached hydrogens (tertiary/aromatic N) is 2. The third-order valence-corrected chi connectivity index (χ3v) is 3.14. The molecule has 2 rings (SSSR count). The lowest BCUT2D eigenvalue weighted by atomic mass is 10.3. The molecule has 1 aromatic carbocycles. The second-order valence-corrected chi connectivity index (χ2v) is 4.24. The van der Waals surface area contributed by atoms with Crippen molar-refractivity contribution in [1.82, 2.24) is 9.55 Å². The molecule has 0 spiro atoms. The minimum absolute atomic E-state index is 0.602. The number of imidazole rings is 1. The van der Waals surface area contributed by atoms with Crippen LogP contribution in [0.4, 0.5) is 0 Å². The van der Waals surface area contributed by atoms with Gasteiger partial charge in [-0.15, -0.1) is 0 Å². The molecule has 0 aliphatic heterocycles. The number of fused-ring (bicyclic) bond motifs is 1. The molecule has 84 valence electrons. The quantitative estimate of drug-likeness (QED) is 0.831. The number of carbonyl (C=O) groups is 1. The van der Waals surface area contributed by atoms with Crippen molar-refractivity contribution in [1.29, 1.82) is 0 Å². The summed E-state index contributed by atoms with van der Waals surface area (Å²) in [6.07, 6.45) is 1.90. The van der Waals surface area contributed by atoms with E-state index < -0.39 is 12.0 Å². The van der Waals surface area contributed by atoms with Crippen LogP contribution in [0.1, 0.15) is 13.0 Å². The summed E-state index contributed by atoms with van der Waals surface area (Å²) in [4.78, 5) is 15.4. The largest absolute Gasteiger partial charge is 0.480 e. The van der Waals surface area contributed by atoms with E-state index in [0.29, 0.717) is 0 Å². The first kappa shape index (κ1) is 11.0. The number of aromatic nitrogens is 2. The van der Waals surface area contributed by atoms with Gasteiger partial charge in [-0.25, -0.2) is 9.78 Å². The standard InChI is InChI=1S/C11H12N2O2S/c1-7(10(14)15)13-9-6-4-3-5-8(9)12-11(13)16-2/h3-7H,1-2H3,(H,14,15)/t7-/m1/s1. The highest BCUT2D eigenvalue weighted by Crippen LogP contribution is 2.26. The van der Waals surface area contributed by atoms with Gasteiger partial charge in [-0.05, 0) is 25.3 Å². The minimum Gasteiger partial charge on any atom is -0.480 e. The molecule has 0 unspecified atom stereocenters. The van der Waals surface area contributed by atoms with Crippen molar-refractivity contribution >= 4 is 28.8 Å². The van der Waals surface area contributed by atoms with Crippen molar-refractivity contribution in [3.05, 3.63) is 24.3 Å². The number of hydrogen-bond acceptors (Lipinski definition) is 3. The summed E-state index contributed by atoms with van der Waals surface area (Å²) in [5.41, 5.74) is 1.70. The van der Waals surface area contributed by atoms with Crippen LogP contribution in [-0.4, -0.2) is 26.9 Å². The SMILES string of the molecule is CSc1nc2ccccc2n1[C@H](C)C(=O)O. The van der Waals surface area contributed by atoms with Gasteiger partial charge in [0.05, 0.1) is 11.0 Å². The molecule has 0 bridgehead atoms. The van der Waals surface area contributed by atoms with Crippen molar-refractivity contribution in [2.45, 2.75) is 18.1 Å². The van der Waals surface area contributed by atoms with Crippen LogP contribution in [0.3, 0.4) is 0 Å². The third-order valence-electron chi connectivity index (χ3n) is 2.49. The number of thioether (sulfide) groups is 1. The van der Waals surface area contributed by atoms with Crippen molar-refractivity contribution in [2.24, 2.45) is 0 Å². The topological polar surface area (TPSA) is 55.1 Å². The maximum absolute atomic E-state index is 11.1. The Balaban J connectivity index is 2.69. The van der Waals surface area contributed by atoms with E-state index in [9.17, 15) is 4.79 Å². The molecule has 1 N–H and O–H groups in total. The molecule has 1 aromatic heterocycles. The summed E-state index contributed by atoms with van der Waals surface area (Å²) < 4.78 is 1.75. The summed E-state index contributed by atoms with van der Waals surface area (Å²) in [6.45, 7) is 1.66. The Morgan fingerprint density at radius 2 is 2.19 bits per heavy atom. The zero-order chi connectivity index (χ0) is 11.7. The molecule has 0 saturated heterocycles. The monoisotopic (exact) mass is 236 g/mol. The van der Waals surface area contributed by atoms with Crippen LogP contribution in [0.15, 0.2) is 29.4 Å². The normalized spacial score (nSPS) is 12.9. The molecule has 16 heavy (non-hydrogen) atoms. The van der Waals surface area contributed by atoms with E-state index in [0.717, 1.165) is 16.2 Å². The molecule has 4 nitrogen and oxygen atoms in total. The van der Waals surface area contributed by atoms with Crippen LogP contribution in [0, 0.1) is 0 Å². The number of aliphatic carboxylic acids is 1. The fourth-order valence-corrected chi connectivity index (χ4v) is 2.29. The Morgan fingerprint density at radius 1 is 1.50 bits per heavy atom. The number of para-hydroxylation sites is 2. The van der Waals surface area contributed by atoms with Gasteiger partial charge in [0.15, 0.2) is 5.16 Å². The summed E-state index contributed by atoms with van der Waals surface area (Å²) in [7, 11) is 0. The van der Waals surface area contributed by atoms with Crippen molar-refractivity contribution in [2.75, 3.05) is 6.26 Å². The average molecular weight is 236 g/mol. The first-order chi connectivity index (χ1) is 7.65. The van der Waals surface area contributed by atoms with Gasteiger partial charge in [0.1, 0.15) is 6.04 Å². The van der Waals surface area contributed by atoms with Gasteiger partial charge in [0.25, 0.3) is 0 Å². The zero-order valence-electron chi connectivity index (χ0n) is 9.04. The summed E-state index contributed by atoms with van der Waals surface area (Å²) >= 11 is 1.46. The highest BCUT2D eigenvalue weighted by atomic mass is 32.2.